The van der Waals surface area contributed by atoms with Gasteiger partial charge in [-0.25, -0.2) is 4.79 Å². The van der Waals surface area contributed by atoms with Crippen molar-refractivity contribution in [2.45, 2.75) is 19.0 Å². The number of benzene rings is 2. The second-order valence-corrected chi connectivity index (χ2v) is 6.66. The molecular formula is C19H17Cl2NO4. The van der Waals surface area contributed by atoms with Crippen LogP contribution in [0.3, 0.4) is 0 Å². The Balaban J connectivity index is 1.77. The average molecular weight is 394 g/mol. The van der Waals surface area contributed by atoms with Crippen LogP contribution in [0.1, 0.15) is 11.1 Å². The molecule has 1 aliphatic heterocycles. The molecule has 0 aliphatic carbocycles. The lowest BCUT2D eigenvalue weighted by Gasteiger charge is -2.35. The molecule has 0 saturated carbocycles. The van der Waals surface area contributed by atoms with Gasteiger partial charge in [-0.2, -0.15) is 0 Å². The van der Waals surface area contributed by atoms with E-state index in [0.29, 0.717) is 23.7 Å². The maximum absolute atomic E-state index is 12.7. The number of amides is 1. The lowest BCUT2D eigenvalue weighted by Crippen LogP contribution is -2.50. The second kappa shape index (κ2) is 7.98. The molecule has 2 aromatic carbocycles. The van der Waals surface area contributed by atoms with Gasteiger partial charge < -0.3 is 14.4 Å². The van der Waals surface area contributed by atoms with Gasteiger partial charge in [0.2, 0.25) is 0 Å². The number of nitrogens with zero attached hydrogens (tertiary/aromatic N) is 1. The van der Waals surface area contributed by atoms with E-state index in [1.165, 1.54) is 12.0 Å². The fourth-order valence-corrected chi connectivity index (χ4v) is 3.30. The number of rotatable bonds is 4. The van der Waals surface area contributed by atoms with Crippen LogP contribution < -0.4 is 4.74 Å². The summed E-state index contributed by atoms with van der Waals surface area (Å²) in [5, 5.41) is 0.589. The van der Waals surface area contributed by atoms with Gasteiger partial charge in [-0.1, -0.05) is 53.5 Å². The predicted molar refractivity (Wildman–Crippen MR) is 98.5 cm³/mol. The largest absolute Gasteiger partial charge is 0.482 e. The molecule has 0 bridgehead atoms. The quantitative estimate of drug-likeness (QED) is 0.745. The minimum absolute atomic E-state index is 0.246. The molecule has 136 valence electrons. The number of halogens is 2. The number of fused-ring (bicyclic) bond motifs is 1. The number of carbonyl (C=O) groups excluding carboxylic acids is 2. The van der Waals surface area contributed by atoms with E-state index in [4.69, 9.17) is 32.7 Å². The summed E-state index contributed by atoms with van der Waals surface area (Å²) in [6.07, 6.45) is 0.409. The topological polar surface area (TPSA) is 55.8 Å². The van der Waals surface area contributed by atoms with E-state index in [1.54, 1.807) is 18.2 Å². The van der Waals surface area contributed by atoms with E-state index in [-0.39, 0.29) is 17.5 Å². The highest BCUT2D eigenvalue weighted by molar-refractivity contribution is 6.42. The summed E-state index contributed by atoms with van der Waals surface area (Å²) < 4.78 is 10.4. The smallest absolute Gasteiger partial charge is 0.328 e. The summed E-state index contributed by atoms with van der Waals surface area (Å²) in [7, 11) is 1.31. The Kier molecular flexibility index (Phi) is 5.69. The summed E-state index contributed by atoms with van der Waals surface area (Å²) in [6, 6.07) is 12.0. The molecule has 0 spiro atoms. The fraction of sp³-hybridized carbons (Fsp3) is 0.263. The minimum Gasteiger partial charge on any atom is -0.482 e. The van der Waals surface area contributed by atoms with Gasteiger partial charge in [0, 0.05) is 13.0 Å². The molecule has 1 aliphatic rings. The second-order valence-electron chi connectivity index (χ2n) is 5.87. The molecular weight excluding hydrogens is 377 g/mol. The van der Waals surface area contributed by atoms with Crippen LogP contribution in [0.5, 0.6) is 5.75 Å². The first-order valence-electron chi connectivity index (χ1n) is 8.02. The highest BCUT2D eigenvalue weighted by Crippen LogP contribution is 2.31. The third-order valence-electron chi connectivity index (χ3n) is 4.31. The van der Waals surface area contributed by atoms with Gasteiger partial charge in [-0.15, -0.1) is 0 Å². The van der Waals surface area contributed by atoms with Crippen molar-refractivity contribution in [3.63, 3.8) is 0 Å². The van der Waals surface area contributed by atoms with E-state index in [9.17, 15) is 9.59 Å². The molecule has 7 heteroatoms. The van der Waals surface area contributed by atoms with Gasteiger partial charge in [0.1, 0.15) is 16.8 Å². The van der Waals surface area contributed by atoms with Gasteiger partial charge in [0.05, 0.1) is 12.1 Å². The van der Waals surface area contributed by atoms with Gasteiger partial charge >= 0.3 is 5.97 Å². The molecule has 0 aromatic heterocycles. The van der Waals surface area contributed by atoms with Crippen LogP contribution in [0.4, 0.5) is 0 Å². The van der Waals surface area contributed by atoms with E-state index >= 15 is 0 Å². The van der Waals surface area contributed by atoms with Crippen molar-refractivity contribution in [1.82, 2.24) is 4.90 Å². The highest BCUT2D eigenvalue weighted by atomic mass is 35.5. The van der Waals surface area contributed by atoms with Crippen LogP contribution in [0.15, 0.2) is 42.5 Å². The molecule has 2 aromatic rings. The lowest BCUT2D eigenvalue weighted by atomic mass is 9.94. The number of ether oxygens (including phenoxy) is 2. The first-order chi connectivity index (χ1) is 12.5. The Hall–Kier alpha value is -2.24. The standard InChI is InChI=1S/C19H17Cl2NO4/c1-25-19(24)15-9-12-5-2-3-6-13(12)10-22(15)17(23)11-26-16-8-4-7-14(20)18(16)21/h2-8,15H,9-11H2,1H3/t15-/m0/s1. The van der Waals surface area contributed by atoms with Crippen molar-refractivity contribution in [2.75, 3.05) is 13.7 Å². The van der Waals surface area contributed by atoms with Crippen molar-refractivity contribution in [1.29, 1.82) is 0 Å². The van der Waals surface area contributed by atoms with Crippen molar-refractivity contribution < 1.29 is 19.1 Å². The molecule has 1 heterocycles. The molecule has 0 saturated heterocycles. The van der Waals surface area contributed by atoms with Gasteiger partial charge in [-0.05, 0) is 23.3 Å². The summed E-state index contributed by atoms with van der Waals surface area (Å²) in [4.78, 5) is 26.4. The molecule has 26 heavy (non-hydrogen) atoms. The highest BCUT2D eigenvalue weighted by Gasteiger charge is 2.35. The summed E-state index contributed by atoms with van der Waals surface area (Å²) >= 11 is 12.0. The number of hydrogen-bond acceptors (Lipinski definition) is 4. The molecule has 0 unspecified atom stereocenters. The molecule has 0 fully saturated rings. The van der Waals surface area contributed by atoms with Crippen LogP contribution in [-0.2, 0) is 27.3 Å². The summed E-state index contributed by atoms with van der Waals surface area (Å²) in [5.41, 5.74) is 2.03. The van der Waals surface area contributed by atoms with E-state index in [2.05, 4.69) is 0 Å². The van der Waals surface area contributed by atoms with Crippen molar-refractivity contribution in [3.8, 4) is 5.75 Å². The zero-order valence-electron chi connectivity index (χ0n) is 14.1. The number of carbonyl (C=O) groups is 2. The van der Waals surface area contributed by atoms with Gasteiger partial charge in [0.15, 0.2) is 6.61 Å². The molecule has 0 radical (unpaired) electrons. The SMILES string of the molecule is COC(=O)[C@@H]1Cc2ccccc2CN1C(=O)COc1cccc(Cl)c1Cl. The average Bonchev–Trinajstić information content (AvgIpc) is 2.67. The zero-order chi connectivity index (χ0) is 18.7. The first-order valence-corrected chi connectivity index (χ1v) is 8.77. The van der Waals surface area contributed by atoms with E-state index < -0.39 is 12.0 Å². The monoisotopic (exact) mass is 393 g/mol. The number of hydrogen-bond donors (Lipinski definition) is 0. The minimum atomic E-state index is -0.680. The van der Waals surface area contributed by atoms with Gasteiger partial charge in [0.25, 0.3) is 5.91 Å². The Bertz CT molecular complexity index is 840. The number of esters is 1. The molecule has 1 atom stereocenters. The molecule has 3 rings (SSSR count). The Morgan fingerprint density at radius 1 is 1.12 bits per heavy atom. The van der Waals surface area contributed by atoms with Crippen molar-refractivity contribution in [3.05, 3.63) is 63.6 Å². The Morgan fingerprint density at radius 2 is 1.85 bits per heavy atom. The predicted octanol–water partition coefficient (Wildman–Crippen LogP) is 3.50. The molecule has 5 nitrogen and oxygen atoms in total. The van der Waals surface area contributed by atoms with Crippen molar-refractivity contribution >= 4 is 35.1 Å². The maximum atomic E-state index is 12.7. The Labute approximate surface area is 161 Å². The number of methoxy groups -OCH3 is 1. The van der Waals surface area contributed by atoms with E-state index in [1.807, 2.05) is 24.3 Å². The van der Waals surface area contributed by atoms with Crippen molar-refractivity contribution in [2.24, 2.45) is 0 Å². The van der Waals surface area contributed by atoms with Crippen LogP contribution in [0.2, 0.25) is 10.0 Å². The summed E-state index contributed by atoms with van der Waals surface area (Å²) in [6.45, 7) is 0.0666. The van der Waals surface area contributed by atoms with Crippen LogP contribution in [-0.4, -0.2) is 36.5 Å². The Morgan fingerprint density at radius 3 is 2.58 bits per heavy atom. The fourth-order valence-electron chi connectivity index (χ4n) is 2.95. The third-order valence-corrected chi connectivity index (χ3v) is 5.11. The lowest BCUT2D eigenvalue weighted by molar-refractivity contribution is -0.154. The first kappa shape index (κ1) is 18.5. The van der Waals surface area contributed by atoms with Gasteiger partial charge in [-0.3, -0.25) is 4.79 Å². The molecule has 0 N–H and O–H groups in total. The van der Waals surface area contributed by atoms with Crippen LogP contribution >= 0.6 is 23.2 Å². The zero-order valence-corrected chi connectivity index (χ0v) is 15.6. The normalized spacial score (nSPS) is 16.0. The molecule has 1 amide bonds. The van der Waals surface area contributed by atoms with E-state index in [0.717, 1.165) is 11.1 Å². The summed E-state index contributed by atoms with van der Waals surface area (Å²) in [5.74, 6) is -0.459. The van der Waals surface area contributed by atoms with Crippen LogP contribution in [0, 0.1) is 0 Å². The third kappa shape index (κ3) is 3.79. The maximum Gasteiger partial charge on any atom is 0.328 e. The van der Waals surface area contributed by atoms with Crippen LogP contribution in [0.25, 0.3) is 0 Å².